The summed E-state index contributed by atoms with van der Waals surface area (Å²) in [7, 11) is 0. The van der Waals surface area contributed by atoms with Crippen LogP contribution in [0.5, 0.6) is 0 Å². The third kappa shape index (κ3) is 2.90. The van der Waals surface area contributed by atoms with Gasteiger partial charge in [0.05, 0.1) is 5.69 Å². The molecule has 0 amide bonds. The minimum atomic E-state index is -1.26. The molecule has 5 nitrogen and oxygen atoms in total. The molecule has 118 valence electrons. The van der Waals surface area contributed by atoms with E-state index in [-0.39, 0.29) is 11.6 Å². The van der Waals surface area contributed by atoms with Gasteiger partial charge in [0.25, 0.3) is 5.56 Å². The number of hydrogen-bond acceptors (Lipinski definition) is 4. The minimum absolute atomic E-state index is 0.0228. The first kappa shape index (κ1) is 15.5. The van der Waals surface area contributed by atoms with E-state index in [4.69, 9.17) is 0 Å². The summed E-state index contributed by atoms with van der Waals surface area (Å²) in [6.07, 6.45) is 8.33. The molecule has 0 saturated heterocycles. The quantitative estimate of drug-likeness (QED) is 0.485. The largest absolute Gasteiger partial charge is 0.609 e. The zero-order valence-electron chi connectivity index (χ0n) is 13.0. The van der Waals surface area contributed by atoms with Gasteiger partial charge in [-0.3, -0.25) is 9.36 Å². The van der Waals surface area contributed by atoms with Crippen LogP contribution in [0.15, 0.2) is 22.1 Å². The Labute approximate surface area is 133 Å². The van der Waals surface area contributed by atoms with E-state index in [2.05, 4.69) is 9.97 Å². The standard InChI is InChI=1S/C16H21N3O2S/c1-11-13-9-10-14(20)19(12-7-5-3-4-6-8-12)15(13)18-16(17-11)22(2)21/h9-10,12H,3-8H2,1-2H3. The summed E-state index contributed by atoms with van der Waals surface area (Å²) >= 11 is -1.26. The van der Waals surface area contributed by atoms with Crippen LogP contribution in [0.25, 0.3) is 11.0 Å². The van der Waals surface area contributed by atoms with Crippen LogP contribution in [0.1, 0.15) is 50.3 Å². The maximum absolute atomic E-state index is 12.5. The second kappa shape index (κ2) is 6.38. The molecule has 1 saturated carbocycles. The van der Waals surface area contributed by atoms with Gasteiger partial charge in [-0.15, -0.1) is 0 Å². The number of nitrogens with zero attached hydrogens (tertiary/aromatic N) is 3. The Morgan fingerprint density at radius 2 is 1.86 bits per heavy atom. The second-order valence-electron chi connectivity index (χ2n) is 5.97. The van der Waals surface area contributed by atoms with Crippen LogP contribution < -0.4 is 5.56 Å². The van der Waals surface area contributed by atoms with E-state index in [9.17, 15) is 9.35 Å². The van der Waals surface area contributed by atoms with Crippen molar-refractivity contribution in [3.8, 4) is 0 Å². The Bertz CT molecular complexity index is 734. The Balaban J connectivity index is 2.22. The Hall–Kier alpha value is -1.40. The van der Waals surface area contributed by atoms with Gasteiger partial charge in [-0.25, -0.2) is 0 Å². The molecule has 2 aromatic heterocycles. The Morgan fingerprint density at radius 1 is 1.18 bits per heavy atom. The highest BCUT2D eigenvalue weighted by Crippen LogP contribution is 2.28. The molecule has 3 rings (SSSR count). The van der Waals surface area contributed by atoms with Crippen molar-refractivity contribution >= 4 is 22.2 Å². The molecule has 1 fully saturated rings. The van der Waals surface area contributed by atoms with Gasteiger partial charge in [0.15, 0.2) is 5.65 Å². The van der Waals surface area contributed by atoms with Crippen molar-refractivity contribution < 1.29 is 4.55 Å². The van der Waals surface area contributed by atoms with Gasteiger partial charge in [0.2, 0.25) is 0 Å². The Kier molecular flexibility index (Phi) is 4.49. The highest BCUT2D eigenvalue weighted by molar-refractivity contribution is 7.90. The smallest absolute Gasteiger partial charge is 0.344 e. The van der Waals surface area contributed by atoms with Crippen molar-refractivity contribution in [1.29, 1.82) is 0 Å². The molecule has 1 aliphatic carbocycles. The van der Waals surface area contributed by atoms with Crippen molar-refractivity contribution in [2.75, 3.05) is 6.26 Å². The van der Waals surface area contributed by atoms with Crippen molar-refractivity contribution in [1.82, 2.24) is 14.5 Å². The lowest BCUT2D eigenvalue weighted by Gasteiger charge is -2.20. The van der Waals surface area contributed by atoms with Crippen LogP contribution in [0.2, 0.25) is 0 Å². The van der Waals surface area contributed by atoms with Gasteiger partial charge in [0, 0.05) is 28.7 Å². The molecule has 0 N–H and O–H groups in total. The Morgan fingerprint density at radius 3 is 2.50 bits per heavy atom. The molecule has 0 radical (unpaired) electrons. The van der Waals surface area contributed by atoms with Gasteiger partial charge in [-0.2, -0.15) is 9.97 Å². The maximum atomic E-state index is 12.5. The number of aryl methyl sites for hydroxylation is 1. The number of fused-ring (bicyclic) bond motifs is 1. The third-order valence-electron chi connectivity index (χ3n) is 4.40. The first-order valence-electron chi connectivity index (χ1n) is 7.81. The molecule has 1 atom stereocenters. The fourth-order valence-electron chi connectivity index (χ4n) is 3.26. The van der Waals surface area contributed by atoms with Crippen LogP contribution in [-0.4, -0.2) is 25.3 Å². The van der Waals surface area contributed by atoms with Crippen LogP contribution in [-0.2, 0) is 11.2 Å². The maximum Gasteiger partial charge on any atom is 0.344 e. The van der Waals surface area contributed by atoms with Crippen LogP contribution in [0.3, 0.4) is 0 Å². The number of rotatable bonds is 2. The molecule has 0 spiro atoms. The van der Waals surface area contributed by atoms with Crippen molar-refractivity contribution in [2.24, 2.45) is 0 Å². The molecular weight excluding hydrogens is 298 g/mol. The lowest BCUT2D eigenvalue weighted by Crippen LogP contribution is -2.26. The number of pyridine rings is 1. The van der Waals surface area contributed by atoms with E-state index in [1.54, 1.807) is 18.4 Å². The normalized spacial score (nSPS) is 18.3. The van der Waals surface area contributed by atoms with E-state index >= 15 is 0 Å². The third-order valence-corrected chi connectivity index (χ3v) is 5.10. The van der Waals surface area contributed by atoms with Gasteiger partial charge in [-0.1, -0.05) is 25.7 Å². The SMILES string of the molecule is Cc1nc([S+](C)[O-])nc2c1ccc(=O)n2C1CCCCCC1. The number of aromatic nitrogens is 3. The summed E-state index contributed by atoms with van der Waals surface area (Å²) in [5, 5.41) is 1.18. The molecular formula is C16H21N3O2S. The van der Waals surface area contributed by atoms with Gasteiger partial charge >= 0.3 is 5.16 Å². The van der Waals surface area contributed by atoms with E-state index in [0.717, 1.165) is 36.8 Å². The van der Waals surface area contributed by atoms with Gasteiger partial charge in [-0.05, 0) is 25.8 Å². The zero-order valence-corrected chi connectivity index (χ0v) is 13.9. The average Bonchev–Trinajstić information content (AvgIpc) is 2.75. The molecule has 0 aromatic carbocycles. The first-order chi connectivity index (χ1) is 10.6. The van der Waals surface area contributed by atoms with Crippen molar-refractivity contribution in [2.45, 2.75) is 56.6 Å². The highest BCUT2D eigenvalue weighted by atomic mass is 32.2. The van der Waals surface area contributed by atoms with Crippen molar-refractivity contribution in [3.63, 3.8) is 0 Å². The van der Waals surface area contributed by atoms with E-state index in [1.165, 1.54) is 12.8 Å². The lowest BCUT2D eigenvalue weighted by molar-refractivity contribution is 0.441. The highest BCUT2D eigenvalue weighted by Gasteiger charge is 2.21. The predicted molar refractivity (Wildman–Crippen MR) is 87.6 cm³/mol. The fourth-order valence-corrected chi connectivity index (χ4v) is 3.74. The van der Waals surface area contributed by atoms with E-state index < -0.39 is 11.2 Å². The summed E-state index contributed by atoms with van der Waals surface area (Å²) in [6.45, 7) is 1.88. The average molecular weight is 319 g/mol. The van der Waals surface area contributed by atoms with Crippen LogP contribution in [0, 0.1) is 6.92 Å². The summed E-state index contributed by atoms with van der Waals surface area (Å²) < 4.78 is 13.6. The fraction of sp³-hybridized carbons (Fsp3) is 0.562. The zero-order chi connectivity index (χ0) is 15.7. The molecule has 0 bridgehead atoms. The predicted octanol–water partition coefficient (Wildman–Crippen LogP) is 2.73. The van der Waals surface area contributed by atoms with E-state index in [1.807, 2.05) is 11.5 Å². The lowest BCUT2D eigenvalue weighted by atomic mass is 10.1. The second-order valence-corrected chi connectivity index (χ2v) is 7.24. The van der Waals surface area contributed by atoms with Crippen LogP contribution in [0.4, 0.5) is 0 Å². The number of hydrogen-bond donors (Lipinski definition) is 0. The summed E-state index contributed by atoms with van der Waals surface area (Å²) in [5.41, 5.74) is 1.39. The van der Waals surface area contributed by atoms with Gasteiger partial charge in [0.1, 0.15) is 6.26 Å². The summed E-state index contributed by atoms with van der Waals surface area (Å²) in [4.78, 5) is 21.2. The summed E-state index contributed by atoms with van der Waals surface area (Å²) in [6, 6.07) is 3.57. The molecule has 2 aromatic rings. The monoisotopic (exact) mass is 319 g/mol. The summed E-state index contributed by atoms with van der Waals surface area (Å²) in [5.74, 6) is 0. The molecule has 22 heavy (non-hydrogen) atoms. The van der Waals surface area contributed by atoms with Crippen molar-refractivity contribution in [3.05, 3.63) is 28.2 Å². The molecule has 6 heteroatoms. The molecule has 1 unspecified atom stereocenters. The molecule has 0 aliphatic heterocycles. The van der Waals surface area contributed by atoms with E-state index in [0.29, 0.717) is 10.8 Å². The molecule has 1 aliphatic rings. The van der Waals surface area contributed by atoms with Gasteiger partial charge < -0.3 is 4.55 Å². The molecule has 2 heterocycles. The minimum Gasteiger partial charge on any atom is -0.609 e. The first-order valence-corrected chi connectivity index (χ1v) is 9.37. The topological polar surface area (TPSA) is 70.8 Å². The van der Waals surface area contributed by atoms with Crippen LogP contribution >= 0.6 is 0 Å².